The van der Waals surface area contributed by atoms with Crippen molar-refractivity contribution in [2.24, 2.45) is 0 Å². The highest BCUT2D eigenvalue weighted by Crippen LogP contribution is 2.35. The van der Waals surface area contributed by atoms with E-state index in [2.05, 4.69) is 20.7 Å². The summed E-state index contributed by atoms with van der Waals surface area (Å²) in [6, 6.07) is 10.1. The van der Waals surface area contributed by atoms with Crippen LogP contribution < -0.4 is 18.9 Å². The number of hydrogen-bond acceptors (Lipinski definition) is 5. The SMILES string of the molecule is COc1ccc(CNS(=O)(=O)c2cc(OC)c(Br)cc2OC)cc1. The number of hydrogen-bond donors (Lipinski definition) is 1. The maximum atomic E-state index is 12.6. The molecular formula is C16H18BrNO5S. The average Bonchev–Trinajstić information content (AvgIpc) is 2.60. The number of halogens is 1. The van der Waals surface area contributed by atoms with E-state index in [9.17, 15) is 8.42 Å². The molecule has 2 aromatic rings. The van der Waals surface area contributed by atoms with Gasteiger partial charge in [0.25, 0.3) is 0 Å². The summed E-state index contributed by atoms with van der Waals surface area (Å²) in [6.45, 7) is 0.147. The summed E-state index contributed by atoms with van der Waals surface area (Å²) in [5, 5.41) is 0. The van der Waals surface area contributed by atoms with Gasteiger partial charge >= 0.3 is 0 Å². The first-order valence-electron chi connectivity index (χ1n) is 6.95. The molecule has 0 saturated carbocycles. The van der Waals surface area contributed by atoms with E-state index in [1.807, 2.05) is 0 Å². The molecule has 0 aliphatic rings. The lowest BCUT2D eigenvalue weighted by molar-refractivity contribution is 0.390. The molecule has 0 atom stereocenters. The second-order valence-electron chi connectivity index (χ2n) is 4.81. The Bertz CT molecular complexity index is 806. The lowest BCUT2D eigenvalue weighted by Gasteiger charge is -2.13. The van der Waals surface area contributed by atoms with E-state index in [-0.39, 0.29) is 17.2 Å². The van der Waals surface area contributed by atoms with Gasteiger partial charge in [0, 0.05) is 12.6 Å². The third-order valence-electron chi connectivity index (χ3n) is 3.35. The largest absolute Gasteiger partial charge is 0.497 e. The van der Waals surface area contributed by atoms with Gasteiger partial charge in [-0.05, 0) is 39.7 Å². The van der Waals surface area contributed by atoms with Gasteiger partial charge in [-0.25, -0.2) is 13.1 Å². The minimum absolute atomic E-state index is 0.0126. The van der Waals surface area contributed by atoms with E-state index < -0.39 is 10.0 Å². The number of ether oxygens (including phenoxy) is 3. The Hall–Kier alpha value is -1.77. The Morgan fingerprint density at radius 2 is 1.58 bits per heavy atom. The van der Waals surface area contributed by atoms with Crippen molar-refractivity contribution in [2.45, 2.75) is 11.4 Å². The summed E-state index contributed by atoms with van der Waals surface area (Å²) >= 11 is 3.31. The van der Waals surface area contributed by atoms with Crippen molar-refractivity contribution >= 4 is 26.0 Å². The maximum absolute atomic E-state index is 12.6. The van der Waals surface area contributed by atoms with Crippen LogP contribution in [0.25, 0.3) is 0 Å². The summed E-state index contributed by atoms with van der Waals surface area (Å²) in [7, 11) is 0.680. The van der Waals surface area contributed by atoms with Crippen LogP contribution in [0.3, 0.4) is 0 Å². The number of methoxy groups -OCH3 is 3. The maximum Gasteiger partial charge on any atom is 0.244 e. The molecule has 0 bridgehead atoms. The van der Waals surface area contributed by atoms with Crippen molar-refractivity contribution in [3.05, 3.63) is 46.4 Å². The number of benzene rings is 2. The fraction of sp³-hybridized carbons (Fsp3) is 0.250. The summed E-state index contributed by atoms with van der Waals surface area (Å²) in [5.41, 5.74) is 0.808. The highest BCUT2D eigenvalue weighted by Gasteiger charge is 2.22. The van der Waals surface area contributed by atoms with Crippen LogP contribution in [0.15, 0.2) is 45.8 Å². The van der Waals surface area contributed by atoms with Crippen LogP contribution in [-0.2, 0) is 16.6 Å². The lowest BCUT2D eigenvalue weighted by Crippen LogP contribution is -2.23. The predicted molar refractivity (Wildman–Crippen MR) is 94.3 cm³/mol. The molecule has 0 saturated heterocycles. The van der Waals surface area contributed by atoms with E-state index >= 15 is 0 Å². The van der Waals surface area contributed by atoms with Crippen molar-refractivity contribution < 1.29 is 22.6 Å². The molecule has 0 radical (unpaired) electrons. The first-order chi connectivity index (χ1) is 11.4. The molecule has 0 heterocycles. The van der Waals surface area contributed by atoms with Crippen LogP contribution in [0, 0.1) is 0 Å². The third kappa shape index (κ3) is 4.19. The van der Waals surface area contributed by atoms with Gasteiger partial charge in [0.05, 0.1) is 25.8 Å². The molecule has 24 heavy (non-hydrogen) atoms. The molecule has 0 amide bonds. The Morgan fingerprint density at radius 1 is 0.958 bits per heavy atom. The predicted octanol–water partition coefficient (Wildman–Crippen LogP) is 2.95. The van der Waals surface area contributed by atoms with E-state index in [0.29, 0.717) is 16.0 Å². The molecule has 0 aliphatic heterocycles. The molecule has 0 spiro atoms. The Morgan fingerprint density at radius 3 is 2.12 bits per heavy atom. The molecule has 8 heteroatoms. The molecular weight excluding hydrogens is 398 g/mol. The summed E-state index contributed by atoms with van der Waals surface area (Å²) < 4.78 is 43.8. The Labute approximate surface area is 149 Å². The molecule has 130 valence electrons. The molecule has 0 aliphatic carbocycles. The van der Waals surface area contributed by atoms with E-state index in [0.717, 1.165) is 5.56 Å². The average molecular weight is 416 g/mol. The molecule has 0 aromatic heterocycles. The third-order valence-corrected chi connectivity index (χ3v) is 5.40. The topological polar surface area (TPSA) is 73.9 Å². The smallest absolute Gasteiger partial charge is 0.244 e. The van der Waals surface area contributed by atoms with Gasteiger partial charge in [0.1, 0.15) is 22.1 Å². The normalized spacial score (nSPS) is 11.2. The fourth-order valence-electron chi connectivity index (χ4n) is 2.04. The molecule has 2 aromatic carbocycles. The zero-order valence-electron chi connectivity index (χ0n) is 13.5. The van der Waals surface area contributed by atoms with Crippen LogP contribution in [-0.4, -0.2) is 29.7 Å². The summed E-state index contributed by atoms with van der Waals surface area (Å²) in [5.74, 6) is 1.34. The molecule has 0 unspecified atom stereocenters. The summed E-state index contributed by atoms with van der Waals surface area (Å²) in [4.78, 5) is 0.0126. The number of nitrogens with one attached hydrogen (secondary N) is 1. The molecule has 6 nitrogen and oxygen atoms in total. The monoisotopic (exact) mass is 415 g/mol. The van der Waals surface area contributed by atoms with Crippen molar-refractivity contribution in [3.63, 3.8) is 0 Å². The van der Waals surface area contributed by atoms with Gasteiger partial charge in [-0.1, -0.05) is 12.1 Å². The molecule has 1 N–H and O–H groups in total. The second kappa shape index (κ2) is 7.87. The number of sulfonamides is 1. The van der Waals surface area contributed by atoms with Gasteiger partial charge < -0.3 is 14.2 Å². The van der Waals surface area contributed by atoms with Crippen molar-refractivity contribution in [2.75, 3.05) is 21.3 Å². The Balaban J connectivity index is 2.26. The van der Waals surface area contributed by atoms with Crippen LogP contribution in [0.5, 0.6) is 17.2 Å². The van der Waals surface area contributed by atoms with Crippen LogP contribution in [0.1, 0.15) is 5.56 Å². The zero-order chi connectivity index (χ0) is 17.7. The summed E-state index contributed by atoms with van der Waals surface area (Å²) in [6.07, 6.45) is 0. The van der Waals surface area contributed by atoms with E-state index in [1.165, 1.54) is 20.3 Å². The van der Waals surface area contributed by atoms with Crippen molar-refractivity contribution in [1.82, 2.24) is 4.72 Å². The zero-order valence-corrected chi connectivity index (χ0v) is 15.9. The first kappa shape index (κ1) is 18.6. The molecule has 0 fully saturated rings. The standard InChI is InChI=1S/C16H18BrNO5S/c1-21-12-6-4-11(5-7-12)10-18-24(19,20)16-9-14(22-2)13(17)8-15(16)23-3/h4-9,18H,10H2,1-3H3. The van der Waals surface area contributed by atoms with Crippen LogP contribution in [0.2, 0.25) is 0 Å². The second-order valence-corrected chi connectivity index (χ2v) is 7.40. The van der Waals surface area contributed by atoms with Crippen molar-refractivity contribution in [1.29, 1.82) is 0 Å². The minimum atomic E-state index is -3.77. The lowest BCUT2D eigenvalue weighted by atomic mass is 10.2. The minimum Gasteiger partial charge on any atom is -0.497 e. The van der Waals surface area contributed by atoms with Crippen molar-refractivity contribution in [3.8, 4) is 17.2 Å². The van der Waals surface area contributed by atoms with E-state index in [1.54, 1.807) is 37.4 Å². The van der Waals surface area contributed by atoms with Gasteiger partial charge in [-0.3, -0.25) is 0 Å². The molecule has 2 rings (SSSR count). The highest BCUT2D eigenvalue weighted by atomic mass is 79.9. The quantitative estimate of drug-likeness (QED) is 0.752. The van der Waals surface area contributed by atoms with E-state index in [4.69, 9.17) is 14.2 Å². The van der Waals surface area contributed by atoms with Gasteiger partial charge in [0.2, 0.25) is 10.0 Å². The highest BCUT2D eigenvalue weighted by molar-refractivity contribution is 9.10. The Kier molecular flexibility index (Phi) is 6.09. The fourth-order valence-corrected chi connectivity index (χ4v) is 3.71. The van der Waals surface area contributed by atoms with Crippen LogP contribution in [0.4, 0.5) is 0 Å². The van der Waals surface area contributed by atoms with Gasteiger partial charge in [0.15, 0.2) is 0 Å². The van der Waals surface area contributed by atoms with Gasteiger partial charge in [-0.2, -0.15) is 0 Å². The van der Waals surface area contributed by atoms with Gasteiger partial charge in [-0.15, -0.1) is 0 Å². The number of rotatable bonds is 7. The van der Waals surface area contributed by atoms with Crippen LogP contribution >= 0.6 is 15.9 Å². The first-order valence-corrected chi connectivity index (χ1v) is 9.23.